The van der Waals surface area contributed by atoms with Crippen molar-refractivity contribution >= 4 is 29.0 Å². The number of hydrogen-bond donors (Lipinski definition) is 1. The van der Waals surface area contributed by atoms with Crippen LogP contribution >= 0.6 is 11.6 Å². The standard InChI is InChI=1S/C16H18ClN3O2/c1-10-8-13(14(22-4)9-12(10)17)19-16(21)11-6-5-7-18-15(11)20(2)3/h5-9H,1-4H3,(H,19,21). The van der Waals surface area contributed by atoms with E-state index in [1.807, 2.05) is 21.0 Å². The summed E-state index contributed by atoms with van der Waals surface area (Å²) in [6.07, 6.45) is 1.65. The molecule has 0 saturated carbocycles. The number of nitrogens with zero attached hydrogens (tertiary/aromatic N) is 2. The van der Waals surface area contributed by atoms with Gasteiger partial charge in [-0.05, 0) is 30.7 Å². The second kappa shape index (κ2) is 6.66. The Balaban J connectivity index is 2.36. The van der Waals surface area contributed by atoms with Gasteiger partial charge in [-0.15, -0.1) is 0 Å². The van der Waals surface area contributed by atoms with Crippen molar-refractivity contribution in [2.45, 2.75) is 6.92 Å². The number of hydrogen-bond acceptors (Lipinski definition) is 4. The summed E-state index contributed by atoms with van der Waals surface area (Å²) in [5.41, 5.74) is 1.92. The van der Waals surface area contributed by atoms with Crippen LogP contribution in [0.25, 0.3) is 0 Å². The van der Waals surface area contributed by atoms with E-state index < -0.39 is 0 Å². The average Bonchev–Trinajstić information content (AvgIpc) is 2.50. The predicted molar refractivity (Wildman–Crippen MR) is 89.3 cm³/mol. The number of carbonyl (C=O) groups is 1. The van der Waals surface area contributed by atoms with Gasteiger partial charge in [0, 0.05) is 31.4 Å². The molecule has 22 heavy (non-hydrogen) atoms. The number of carbonyl (C=O) groups excluding carboxylic acids is 1. The van der Waals surface area contributed by atoms with Gasteiger partial charge in [0.2, 0.25) is 0 Å². The highest BCUT2D eigenvalue weighted by molar-refractivity contribution is 6.31. The zero-order valence-electron chi connectivity index (χ0n) is 13.0. The molecule has 0 aliphatic rings. The zero-order valence-corrected chi connectivity index (χ0v) is 13.7. The minimum absolute atomic E-state index is 0.253. The SMILES string of the molecule is COc1cc(Cl)c(C)cc1NC(=O)c1cccnc1N(C)C. The van der Waals surface area contributed by atoms with Crippen LogP contribution < -0.4 is 15.0 Å². The van der Waals surface area contributed by atoms with Crippen LogP contribution in [0.15, 0.2) is 30.5 Å². The molecule has 1 N–H and O–H groups in total. The number of methoxy groups -OCH3 is 1. The van der Waals surface area contributed by atoms with E-state index in [4.69, 9.17) is 16.3 Å². The molecule has 0 radical (unpaired) electrons. The number of nitrogens with one attached hydrogen (secondary N) is 1. The molecule has 0 fully saturated rings. The number of pyridine rings is 1. The van der Waals surface area contributed by atoms with Crippen molar-refractivity contribution in [3.8, 4) is 5.75 Å². The highest BCUT2D eigenvalue weighted by Gasteiger charge is 2.16. The molecule has 0 atom stereocenters. The molecule has 2 rings (SSSR count). The summed E-state index contributed by atoms with van der Waals surface area (Å²) in [5.74, 6) is 0.862. The van der Waals surface area contributed by atoms with Crippen molar-refractivity contribution in [3.63, 3.8) is 0 Å². The molecule has 0 aliphatic carbocycles. The molecule has 1 heterocycles. The quantitative estimate of drug-likeness (QED) is 0.938. The van der Waals surface area contributed by atoms with Crippen LogP contribution in [0.5, 0.6) is 5.75 Å². The van der Waals surface area contributed by atoms with E-state index in [1.165, 1.54) is 7.11 Å². The number of halogens is 1. The molecule has 1 amide bonds. The zero-order chi connectivity index (χ0) is 16.3. The molecular formula is C16H18ClN3O2. The van der Waals surface area contributed by atoms with Crippen molar-refractivity contribution in [1.29, 1.82) is 0 Å². The number of aryl methyl sites for hydroxylation is 1. The summed E-state index contributed by atoms with van der Waals surface area (Å²) in [7, 11) is 5.21. The maximum absolute atomic E-state index is 12.5. The topological polar surface area (TPSA) is 54.5 Å². The Morgan fingerprint density at radius 1 is 1.36 bits per heavy atom. The highest BCUT2D eigenvalue weighted by atomic mass is 35.5. The lowest BCUT2D eigenvalue weighted by molar-refractivity contribution is 0.102. The molecule has 0 saturated heterocycles. The number of ether oxygens (including phenoxy) is 1. The number of amides is 1. The van der Waals surface area contributed by atoms with Gasteiger partial charge >= 0.3 is 0 Å². The van der Waals surface area contributed by atoms with E-state index in [0.717, 1.165) is 5.56 Å². The summed E-state index contributed by atoms with van der Waals surface area (Å²) in [5, 5.41) is 3.44. The van der Waals surface area contributed by atoms with E-state index in [9.17, 15) is 4.79 Å². The number of benzene rings is 1. The lowest BCUT2D eigenvalue weighted by Gasteiger charge is -2.16. The smallest absolute Gasteiger partial charge is 0.259 e. The molecule has 1 aromatic heterocycles. The van der Waals surface area contributed by atoms with E-state index in [1.54, 1.807) is 35.4 Å². The molecule has 6 heteroatoms. The molecule has 5 nitrogen and oxygen atoms in total. The first-order valence-electron chi connectivity index (χ1n) is 6.72. The van der Waals surface area contributed by atoms with Gasteiger partial charge in [-0.25, -0.2) is 4.98 Å². The summed E-state index contributed by atoms with van der Waals surface area (Å²) in [6, 6.07) is 6.92. The van der Waals surface area contributed by atoms with E-state index in [2.05, 4.69) is 10.3 Å². The summed E-state index contributed by atoms with van der Waals surface area (Å²) in [4.78, 5) is 18.6. The largest absolute Gasteiger partial charge is 0.495 e. The van der Waals surface area contributed by atoms with Crippen LogP contribution in [-0.2, 0) is 0 Å². The van der Waals surface area contributed by atoms with Gasteiger partial charge in [-0.2, -0.15) is 0 Å². The summed E-state index contributed by atoms with van der Waals surface area (Å²) in [6.45, 7) is 1.87. The lowest BCUT2D eigenvalue weighted by Crippen LogP contribution is -2.20. The van der Waals surface area contributed by atoms with Crippen molar-refractivity contribution in [1.82, 2.24) is 4.98 Å². The van der Waals surface area contributed by atoms with Crippen LogP contribution in [0.2, 0.25) is 5.02 Å². The number of anilines is 2. The maximum Gasteiger partial charge on any atom is 0.259 e. The van der Waals surface area contributed by atoms with Gasteiger partial charge in [0.25, 0.3) is 5.91 Å². The third-order valence-electron chi connectivity index (χ3n) is 3.18. The first kappa shape index (κ1) is 16.1. The van der Waals surface area contributed by atoms with Crippen molar-refractivity contribution < 1.29 is 9.53 Å². The van der Waals surface area contributed by atoms with Gasteiger partial charge in [-0.1, -0.05) is 11.6 Å². The molecule has 0 aliphatic heterocycles. The number of rotatable bonds is 4. The Hall–Kier alpha value is -2.27. The van der Waals surface area contributed by atoms with E-state index in [0.29, 0.717) is 27.8 Å². The van der Waals surface area contributed by atoms with Gasteiger partial charge in [0.05, 0.1) is 18.4 Å². The van der Waals surface area contributed by atoms with Gasteiger partial charge < -0.3 is 15.0 Å². The number of aromatic nitrogens is 1. The molecule has 0 unspecified atom stereocenters. The highest BCUT2D eigenvalue weighted by Crippen LogP contribution is 2.31. The lowest BCUT2D eigenvalue weighted by atomic mass is 10.1. The van der Waals surface area contributed by atoms with Gasteiger partial charge in [0.1, 0.15) is 11.6 Å². The van der Waals surface area contributed by atoms with Crippen molar-refractivity contribution in [2.24, 2.45) is 0 Å². The fourth-order valence-electron chi connectivity index (χ4n) is 2.05. The molecule has 2 aromatic rings. The Bertz CT molecular complexity index is 702. The fraction of sp³-hybridized carbons (Fsp3) is 0.250. The van der Waals surface area contributed by atoms with Crippen molar-refractivity contribution in [3.05, 3.63) is 46.6 Å². The monoisotopic (exact) mass is 319 g/mol. The van der Waals surface area contributed by atoms with E-state index in [-0.39, 0.29) is 5.91 Å². The fourth-order valence-corrected chi connectivity index (χ4v) is 2.20. The Labute approximate surface area is 134 Å². The van der Waals surface area contributed by atoms with Crippen LogP contribution in [0.4, 0.5) is 11.5 Å². The van der Waals surface area contributed by atoms with Crippen LogP contribution in [0, 0.1) is 6.92 Å². The second-order valence-electron chi connectivity index (χ2n) is 5.02. The predicted octanol–water partition coefficient (Wildman–Crippen LogP) is 3.37. The minimum atomic E-state index is -0.253. The minimum Gasteiger partial charge on any atom is -0.495 e. The normalized spacial score (nSPS) is 10.2. The van der Waals surface area contributed by atoms with Crippen LogP contribution in [-0.4, -0.2) is 32.1 Å². The third kappa shape index (κ3) is 3.31. The van der Waals surface area contributed by atoms with Crippen LogP contribution in [0.3, 0.4) is 0 Å². The average molecular weight is 320 g/mol. The third-order valence-corrected chi connectivity index (χ3v) is 3.59. The van der Waals surface area contributed by atoms with Gasteiger partial charge in [-0.3, -0.25) is 4.79 Å². The van der Waals surface area contributed by atoms with Gasteiger partial charge in [0.15, 0.2) is 0 Å². The molecular weight excluding hydrogens is 302 g/mol. The first-order valence-corrected chi connectivity index (χ1v) is 7.09. The molecule has 1 aromatic carbocycles. The second-order valence-corrected chi connectivity index (χ2v) is 5.43. The molecule has 116 valence electrons. The molecule has 0 spiro atoms. The Morgan fingerprint density at radius 3 is 2.73 bits per heavy atom. The van der Waals surface area contributed by atoms with E-state index >= 15 is 0 Å². The van der Waals surface area contributed by atoms with Crippen molar-refractivity contribution in [2.75, 3.05) is 31.4 Å². The summed E-state index contributed by atoms with van der Waals surface area (Å²) >= 11 is 6.08. The summed E-state index contributed by atoms with van der Waals surface area (Å²) < 4.78 is 5.27. The Morgan fingerprint density at radius 2 is 2.09 bits per heavy atom. The van der Waals surface area contributed by atoms with Crippen LogP contribution in [0.1, 0.15) is 15.9 Å². The Kier molecular flexibility index (Phi) is 4.88. The maximum atomic E-state index is 12.5. The molecule has 0 bridgehead atoms. The first-order chi connectivity index (χ1) is 10.4.